The number of nitrogens with one attached hydrogen (secondary N) is 4. The predicted octanol–water partition coefficient (Wildman–Crippen LogP) is 7.16. The molecule has 6 atom stereocenters. The van der Waals surface area contributed by atoms with E-state index in [0.29, 0.717) is 104 Å². The Kier molecular flexibility index (Phi) is 26.8. The van der Waals surface area contributed by atoms with E-state index in [4.69, 9.17) is 69.7 Å². The van der Waals surface area contributed by atoms with Crippen LogP contribution in [0.5, 0.6) is 11.5 Å². The summed E-state index contributed by atoms with van der Waals surface area (Å²) in [6.07, 6.45) is 6.69. The molecule has 4 aromatic carbocycles. The number of benzene rings is 4. The van der Waals surface area contributed by atoms with Gasteiger partial charge in [0.05, 0.1) is 86.3 Å². The Labute approximate surface area is 535 Å². The number of rotatable bonds is 35. The number of urea groups is 1. The molecule has 4 aliphatic rings. The number of unbranched alkanes of at least 4 members (excludes halogenated alkanes) is 2. The molecule has 0 unspecified atom stereocenters. The number of likely N-dealkylation sites (tertiary alicyclic amines) is 2. The molecule has 0 saturated carbocycles. The minimum absolute atomic E-state index is 0.0215. The van der Waals surface area contributed by atoms with Crippen LogP contribution in [-0.4, -0.2) is 168 Å². The van der Waals surface area contributed by atoms with E-state index in [9.17, 15) is 31.7 Å². The molecule has 22 nitrogen and oxygen atoms in total. The molecule has 0 spiro atoms. The molecule has 2 saturated heterocycles. The van der Waals surface area contributed by atoms with Gasteiger partial charge in [-0.3, -0.25) is 14.6 Å². The Balaban J connectivity index is 0.597. The van der Waals surface area contributed by atoms with E-state index in [1.165, 1.54) is 24.3 Å². The minimum atomic E-state index is -4.10. The van der Waals surface area contributed by atoms with Crippen molar-refractivity contribution in [3.8, 4) is 17.6 Å². The van der Waals surface area contributed by atoms with Crippen molar-refractivity contribution in [2.24, 2.45) is 11.5 Å². The number of Topliss-reactive ketones (excluding diaryl/α,β-unsaturated/α-hetero) is 1. The second-order valence-electron chi connectivity index (χ2n) is 22.7. The van der Waals surface area contributed by atoms with Crippen LogP contribution in [0.2, 0.25) is 10.0 Å². The average molecular weight is 1330 g/mol. The van der Waals surface area contributed by atoms with Crippen molar-refractivity contribution in [1.82, 2.24) is 29.9 Å². The number of nitrogens with two attached hydrogens (primary N) is 2. The van der Waals surface area contributed by atoms with E-state index in [-0.39, 0.29) is 123 Å². The van der Waals surface area contributed by atoms with Gasteiger partial charge >= 0.3 is 6.03 Å². The van der Waals surface area contributed by atoms with E-state index in [0.717, 1.165) is 68.5 Å². The number of carbonyl (C=O) groups is 2. The Morgan fingerprint density at radius 3 is 1.64 bits per heavy atom. The van der Waals surface area contributed by atoms with Crippen molar-refractivity contribution >= 4 is 60.8 Å². The van der Waals surface area contributed by atoms with Crippen molar-refractivity contribution in [2.45, 2.75) is 123 Å². The molecule has 2 amide bonds. The molecular formula is C62H80Cl2F2N10O12S2. The highest BCUT2D eigenvalue weighted by atomic mass is 35.5. The van der Waals surface area contributed by atoms with Crippen LogP contribution in [0.4, 0.5) is 19.3 Å². The predicted molar refractivity (Wildman–Crippen MR) is 334 cm³/mol. The number of ether oxygens (including phenoxy) is 6. The summed E-state index contributed by atoms with van der Waals surface area (Å²) in [5, 5.41) is 16.0. The van der Waals surface area contributed by atoms with E-state index in [1.54, 1.807) is 24.3 Å². The van der Waals surface area contributed by atoms with Crippen LogP contribution in [0.25, 0.3) is 4.85 Å². The van der Waals surface area contributed by atoms with Gasteiger partial charge in [0.1, 0.15) is 18.0 Å². The molecule has 0 bridgehead atoms. The van der Waals surface area contributed by atoms with Crippen molar-refractivity contribution in [3.05, 3.63) is 122 Å². The Morgan fingerprint density at radius 1 is 0.633 bits per heavy atom. The number of carbonyl (C=O) groups excluding carboxylic acids is 2. The van der Waals surface area contributed by atoms with E-state index in [2.05, 4.69) is 40.8 Å². The molecule has 0 radical (unpaired) electrons. The standard InChI is InChI=1S/C62H80Cl2F2N10O12S2/c1-70-55-33-43(64)32-52-50(55)37-57(76-21-6-9-45(69)40-76)61(52)88-59-15-13-48(35-54(59)66)90(81,82)73-18-24-85-27-26-83-22-7-11-46(77)10-3-2-4-16-71-62(78)72-17-23-84-28-29-86-25-19-74-89(79,80)47-12-14-58(53(65)34-47)87-60-51-31-42(63)30-41(38-67)49(51)36-56(60)75-20-5-8-44(68)39-75/h12-15,30-35,44-45,56-57,60-61,73-74H,2-11,16-29,36-37,39-40,68-69H2,(H2,71,72,78)/t44-,45-,56+,57+,60+,61+/m1/s1. The van der Waals surface area contributed by atoms with Crippen molar-refractivity contribution in [2.75, 3.05) is 105 Å². The largest absolute Gasteiger partial charge is 0.481 e. The zero-order chi connectivity index (χ0) is 64.2. The van der Waals surface area contributed by atoms with Gasteiger partial charge in [-0.1, -0.05) is 29.6 Å². The molecule has 28 heteroatoms. The molecule has 2 aliphatic heterocycles. The summed E-state index contributed by atoms with van der Waals surface area (Å²) >= 11 is 12.8. The topological polar surface area (TPSA) is 293 Å². The summed E-state index contributed by atoms with van der Waals surface area (Å²) in [6.45, 7) is 12.5. The fourth-order valence-corrected chi connectivity index (χ4v) is 14.3. The number of piperidine rings is 2. The third-order valence-electron chi connectivity index (χ3n) is 16.2. The highest BCUT2D eigenvalue weighted by Crippen LogP contribution is 2.46. The molecule has 8 N–H and O–H groups in total. The fourth-order valence-electron chi connectivity index (χ4n) is 11.8. The summed E-state index contributed by atoms with van der Waals surface area (Å²) in [6, 6.07) is 15.0. The van der Waals surface area contributed by atoms with Crippen LogP contribution < -0.4 is 41.0 Å². The highest BCUT2D eigenvalue weighted by Gasteiger charge is 2.43. The van der Waals surface area contributed by atoms with Crippen molar-refractivity contribution in [1.29, 1.82) is 5.26 Å². The first kappa shape index (κ1) is 70.2. The van der Waals surface area contributed by atoms with Gasteiger partial charge in [0.2, 0.25) is 20.0 Å². The second kappa shape index (κ2) is 34.3. The van der Waals surface area contributed by atoms with Gasteiger partial charge in [-0.05, 0) is 154 Å². The number of halogens is 4. The van der Waals surface area contributed by atoms with Crippen LogP contribution in [0.1, 0.15) is 104 Å². The maximum atomic E-state index is 15.6. The zero-order valence-corrected chi connectivity index (χ0v) is 53.4. The summed E-state index contributed by atoms with van der Waals surface area (Å²) in [5.41, 5.74) is 16.4. The molecular weight excluding hydrogens is 1250 g/mol. The summed E-state index contributed by atoms with van der Waals surface area (Å²) in [5.74, 6) is -1.88. The summed E-state index contributed by atoms with van der Waals surface area (Å²) < 4.78 is 123. The van der Waals surface area contributed by atoms with Gasteiger partial charge in [-0.25, -0.2) is 44.7 Å². The molecule has 2 aliphatic carbocycles. The van der Waals surface area contributed by atoms with Crippen LogP contribution in [0.3, 0.4) is 0 Å². The van der Waals surface area contributed by atoms with Gasteiger partial charge in [-0.15, -0.1) is 0 Å². The van der Waals surface area contributed by atoms with Gasteiger partial charge in [0.25, 0.3) is 0 Å². The smallest absolute Gasteiger partial charge is 0.314 e. The molecule has 4 aromatic rings. The lowest BCUT2D eigenvalue weighted by molar-refractivity contribution is -0.119. The molecule has 2 fully saturated rings. The van der Waals surface area contributed by atoms with Gasteiger partial charge in [0, 0.05) is 80.8 Å². The van der Waals surface area contributed by atoms with Gasteiger partial charge in [0.15, 0.2) is 28.8 Å². The molecule has 2 heterocycles. The fraction of sp³-hybridized carbons (Fsp3) is 0.548. The third kappa shape index (κ3) is 19.9. The summed E-state index contributed by atoms with van der Waals surface area (Å²) in [7, 11) is -8.19. The number of sulfonamides is 2. The van der Waals surface area contributed by atoms with E-state index >= 15 is 8.78 Å². The lowest BCUT2D eigenvalue weighted by atomic mass is 10.0. The molecule has 90 heavy (non-hydrogen) atoms. The molecule has 0 aromatic heterocycles. The number of ketones is 1. The number of hydrogen-bond acceptors (Lipinski definition) is 17. The van der Waals surface area contributed by atoms with E-state index < -0.39 is 43.9 Å². The number of nitriles is 1. The lowest BCUT2D eigenvalue weighted by Gasteiger charge is -2.38. The Hall–Kier alpha value is -5.66. The monoisotopic (exact) mass is 1330 g/mol. The third-order valence-corrected chi connectivity index (χ3v) is 19.6. The first-order chi connectivity index (χ1) is 43.3. The zero-order valence-electron chi connectivity index (χ0n) is 50.2. The lowest BCUT2D eigenvalue weighted by Crippen LogP contribution is -2.49. The normalized spacial score (nSPS) is 20.2. The van der Waals surface area contributed by atoms with Crippen molar-refractivity contribution in [3.63, 3.8) is 0 Å². The number of nitrogens with zero attached hydrogens (tertiary/aromatic N) is 4. The second-order valence-corrected chi connectivity index (χ2v) is 27.1. The van der Waals surface area contributed by atoms with Gasteiger partial charge < -0.3 is 50.5 Å². The molecule has 490 valence electrons. The van der Waals surface area contributed by atoms with Crippen molar-refractivity contribution < 1.29 is 63.6 Å². The average Bonchev–Trinajstić information content (AvgIpc) is 1.82. The van der Waals surface area contributed by atoms with Gasteiger partial charge in [-0.2, -0.15) is 5.26 Å². The number of amides is 2. The van der Waals surface area contributed by atoms with Crippen LogP contribution >= 0.6 is 23.2 Å². The first-order valence-corrected chi connectivity index (χ1v) is 34.2. The molecule has 8 rings (SSSR count). The Morgan fingerprint density at radius 2 is 1.12 bits per heavy atom. The van der Waals surface area contributed by atoms with Crippen LogP contribution in [0, 0.1) is 29.5 Å². The number of fused-ring (bicyclic) bond motifs is 2. The highest BCUT2D eigenvalue weighted by molar-refractivity contribution is 7.89. The SMILES string of the molecule is [C-]#[N+]c1cc(Cl)cc2c1C[C@H](N1CCC[C@@H](N)C1)[C@H]2Oc1ccc(S(=O)(=O)NCCOCCOCCCC(=O)CCCCCNC(=O)NCCOCCOCCNS(=O)(=O)c2ccc(O[C@H]3c4cc(Cl)cc(C#N)c4C[C@@H]3N3CCC[C@@H](N)C3)c(F)c2)cc1F. The Bertz CT molecular complexity index is 3200. The maximum absolute atomic E-state index is 15.6. The quantitative estimate of drug-likeness (QED) is 0.0197. The summed E-state index contributed by atoms with van der Waals surface area (Å²) in [4.78, 5) is 32.1. The minimum Gasteiger partial charge on any atom is -0.481 e. The van der Waals surface area contributed by atoms with Crippen LogP contribution in [0.15, 0.2) is 70.5 Å². The first-order valence-electron chi connectivity index (χ1n) is 30.5. The van der Waals surface area contributed by atoms with Crippen LogP contribution in [-0.2, 0) is 56.6 Å². The number of hydrogen-bond donors (Lipinski definition) is 6. The maximum Gasteiger partial charge on any atom is 0.314 e. The van der Waals surface area contributed by atoms with E-state index in [1.807, 2.05) is 0 Å².